The molecule has 0 spiro atoms. The summed E-state index contributed by atoms with van der Waals surface area (Å²) >= 11 is 0. The molecule has 8 heteroatoms. The standard InChI is InChI=1S/C10H6F2O6/c1-7-3(13)17-4(14)8(7,2)10(12)6(16)18-5(15)9(7,10)11/h1-2H3. The van der Waals surface area contributed by atoms with Gasteiger partial charge in [-0.3, -0.25) is 9.59 Å². The first-order chi connectivity index (χ1) is 8.10. The highest BCUT2D eigenvalue weighted by Crippen LogP contribution is 2.77. The lowest BCUT2D eigenvalue weighted by Crippen LogP contribution is -2.84. The monoisotopic (exact) mass is 260 g/mol. The van der Waals surface area contributed by atoms with Crippen molar-refractivity contribution in [3.63, 3.8) is 0 Å². The highest BCUT2D eigenvalue weighted by atomic mass is 19.2. The summed E-state index contributed by atoms with van der Waals surface area (Å²) in [6.45, 7) is 1.75. The van der Waals surface area contributed by atoms with Gasteiger partial charge in [-0.25, -0.2) is 18.4 Å². The number of alkyl halides is 2. The van der Waals surface area contributed by atoms with Gasteiger partial charge >= 0.3 is 23.9 Å². The molecule has 2 heterocycles. The maximum Gasteiger partial charge on any atom is 0.357 e. The second-order valence-corrected chi connectivity index (χ2v) is 4.92. The van der Waals surface area contributed by atoms with Crippen LogP contribution >= 0.6 is 0 Å². The van der Waals surface area contributed by atoms with Crippen LogP contribution in [-0.4, -0.2) is 35.2 Å². The molecule has 1 saturated carbocycles. The Labute approximate surface area is 98.2 Å². The summed E-state index contributed by atoms with van der Waals surface area (Å²) in [6, 6.07) is 0. The first kappa shape index (κ1) is 11.2. The van der Waals surface area contributed by atoms with Crippen molar-refractivity contribution in [3.8, 4) is 0 Å². The van der Waals surface area contributed by atoms with Gasteiger partial charge in [-0.1, -0.05) is 0 Å². The average Bonchev–Trinajstić information content (AvgIpc) is 2.57. The molecule has 18 heavy (non-hydrogen) atoms. The third kappa shape index (κ3) is 0.558. The van der Waals surface area contributed by atoms with Gasteiger partial charge in [0.1, 0.15) is 10.8 Å². The van der Waals surface area contributed by atoms with Crippen LogP contribution in [0.4, 0.5) is 8.78 Å². The molecule has 4 unspecified atom stereocenters. The van der Waals surface area contributed by atoms with Crippen molar-refractivity contribution in [3.05, 3.63) is 0 Å². The Morgan fingerprint density at radius 2 is 1.00 bits per heavy atom. The number of hydrogen-bond donors (Lipinski definition) is 0. The molecule has 3 aliphatic rings. The Hall–Kier alpha value is -1.86. The van der Waals surface area contributed by atoms with Gasteiger partial charge in [-0.05, 0) is 13.8 Å². The van der Waals surface area contributed by atoms with Gasteiger partial charge < -0.3 is 9.47 Å². The lowest BCUT2D eigenvalue weighted by atomic mass is 9.37. The fourth-order valence-electron chi connectivity index (χ4n) is 3.21. The zero-order valence-corrected chi connectivity index (χ0v) is 9.21. The molecule has 0 N–H and O–H groups in total. The molecule has 0 aromatic heterocycles. The summed E-state index contributed by atoms with van der Waals surface area (Å²) < 4.78 is 37.3. The van der Waals surface area contributed by atoms with E-state index in [1.807, 2.05) is 0 Å². The Kier molecular flexibility index (Phi) is 1.45. The van der Waals surface area contributed by atoms with Crippen molar-refractivity contribution in [1.82, 2.24) is 0 Å². The van der Waals surface area contributed by atoms with Crippen LogP contribution in [-0.2, 0) is 28.7 Å². The molecule has 0 radical (unpaired) electrons. The first-order valence-corrected chi connectivity index (χ1v) is 5.01. The van der Waals surface area contributed by atoms with E-state index in [4.69, 9.17) is 0 Å². The highest BCUT2D eigenvalue weighted by molar-refractivity contribution is 6.21. The quantitative estimate of drug-likeness (QED) is 0.435. The molecular weight excluding hydrogens is 254 g/mol. The fraction of sp³-hybridized carbons (Fsp3) is 0.600. The average molecular weight is 260 g/mol. The molecule has 0 bridgehead atoms. The Bertz CT molecular complexity index is 459. The second kappa shape index (κ2) is 2.32. The Morgan fingerprint density at radius 3 is 1.33 bits per heavy atom. The highest BCUT2D eigenvalue weighted by Gasteiger charge is 3.04. The molecule has 3 rings (SSSR count). The van der Waals surface area contributed by atoms with E-state index in [9.17, 15) is 28.0 Å². The van der Waals surface area contributed by atoms with E-state index in [-0.39, 0.29) is 0 Å². The summed E-state index contributed by atoms with van der Waals surface area (Å²) in [5.74, 6) is -6.36. The smallest absolute Gasteiger partial charge is 0.357 e. The molecule has 0 amide bonds. The lowest BCUT2D eigenvalue weighted by Gasteiger charge is -2.58. The van der Waals surface area contributed by atoms with Crippen molar-refractivity contribution >= 4 is 23.9 Å². The molecule has 1 aliphatic carbocycles. The van der Waals surface area contributed by atoms with E-state index in [0.29, 0.717) is 0 Å². The normalized spacial score (nSPS) is 53.6. The van der Waals surface area contributed by atoms with Crippen LogP contribution in [0.5, 0.6) is 0 Å². The molecule has 4 atom stereocenters. The van der Waals surface area contributed by atoms with Crippen molar-refractivity contribution in [1.29, 1.82) is 0 Å². The number of carbonyl (C=O) groups is 4. The zero-order valence-electron chi connectivity index (χ0n) is 9.21. The van der Waals surface area contributed by atoms with E-state index < -0.39 is 46.0 Å². The second-order valence-electron chi connectivity index (χ2n) is 4.92. The van der Waals surface area contributed by atoms with Crippen molar-refractivity contribution < 1.29 is 37.4 Å². The summed E-state index contributed by atoms with van der Waals surface area (Å²) in [4.78, 5) is 45.8. The number of carbonyl (C=O) groups excluding carboxylic acids is 4. The van der Waals surface area contributed by atoms with Gasteiger partial charge in [-0.15, -0.1) is 0 Å². The van der Waals surface area contributed by atoms with E-state index in [1.54, 1.807) is 0 Å². The summed E-state index contributed by atoms with van der Waals surface area (Å²) in [6.07, 6.45) is 0. The number of fused-ring (bicyclic) bond motifs is 4. The molecular formula is C10H6F2O6. The number of halogens is 2. The Morgan fingerprint density at radius 1 is 0.722 bits per heavy atom. The predicted octanol–water partition coefficient (Wildman–Crippen LogP) is -0.404. The van der Waals surface area contributed by atoms with Crippen LogP contribution < -0.4 is 0 Å². The van der Waals surface area contributed by atoms with E-state index in [2.05, 4.69) is 9.47 Å². The topological polar surface area (TPSA) is 86.7 Å². The SMILES string of the molecule is CC12C(=O)OC(=O)C1(C)C1(F)C(=O)OC(=O)C21F. The van der Waals surface area contributed by atoms with E-state index in [1.165, 1.54) is 0 Å². The number of esters is 4. The van der Waals surface area contributed by atoms with Crippen LogP contribution in [0.25, 0.3) is 0 Å². The van der Waals surface area contributed by atoms with Crippen LogP contribution in [0.1, 0.15) is 13.8 Å². The lowest BCUT2D eigenvalue weighted by molar-refractivity contribution is -0.261. The fourth-order valence-corrected chi connectivity index (χ4v) is 3.21. The van der Waals surface area contributed by atoms with Crippen LogP contribution in [0.15, 0.2) is 0 Å². The molecule has 0 aromatic carbocycles. The number of hydrogen-bond acceptors (Lipinski definition) is 6. The third-order valence-electron chi connectivity index (χ3n) is 4.60. The number of cyclic esters (lactones) is 4. The minimum atomic E-state index is -3.52. The predicted molar refractivity (Wildman–Crippen MR) is 46.1 cm³/mol. The van der Waals surface area contributed by atoms with Gasteiger partial charge in [0.15, 0.2) is 0 Å². The van der Waals surface area contributed by atoms with Gasteiger partial charge in [0.25, 0.3) is 11.3 Å². The van der Waals surface area contributed by atoms with Gasteiger partial charge in [0, 0.05) is 0 Å². The molecule has 96 valence electrons. The summed E-state index contributed by atoms with van der Waals surface area (Å²) in [5.41, 5.74) is -11.8. The maximum atomic E-state index is 14.6. The third-order valence-corrected chi connectivity index (χ3v) is 4.60. The van der Waals surface area contributed by atoms with Crippen LogP contribution in [0.2, 0.25) is 0 Å². The van der Waals surface area contributed by atoms with Crippen LogP contribution in [0, 0.1) is 10.8 Å². The molecule has 3 fully saturated rings. The first-order valence-electron chi connectivity index (χ1n) is 5.01. The molecule has 6 nitrogen and oxygen atoms in total. The van der Waals surface area contributed by atoms with E-state index in [0.717, 1.165) is 13.8 Å². The van der Waals surface area contributed by atoms with Gasteiger partial charge in [0.2, 0.25) is 0 Å². The largest absolute Gasteiger partial charge is 0.392 e. The number of ether oxygens (including phenoxy) is 2. The molecule has 2 aliphatic heterocycles. The summed E-state index contributed by atoms with van der Waals surface area (Å²) in [7, 11) is 0. The minimum Gasteiger partial charge on any atom is -0.392 e. The molecule has 2 saturated heterocycles. The summed E-state index contributed by atoms with van der Waals surface area (Å²) in [5, 5.41) is 0. The minimum absolute atomic E-state index is 0.873. The van der Waals surface area contributed by atoms with Crippen molar-refractivity contribution in [2.45, 2.75) is 25.2 Å². The Balaban J connectivity index is 2.38. The van der Waals surface area contributed by atoms with Crippen LogP contribution in [0.3, 0.4) is 0 Å². The molecule has 0 aromatic rings. The van der Waals surface area contributed by atoms with Crippen molar-refractivity contribution in [2.24, 2.45) is 10.8 Å². The van der Waals surface area contributed by atoms with Crippen molar-refractivity contribution in [2.75, 3.05) is 0 Å². The van der Waals surface area contributed by atoms with Gasteiger partial charge in [-0.2, -0.15) is 0 Å². The van der Waals surface area contributed by atoms with Gasteiger partial charge in [0.05, 0.1) is 0 Å². The zero-order chi connectivity index (χ0) is 13.7. The maximum absolute atomic E-state index is 14.6. The number of rotatable bonds is 0. The van der Waals surface area contributed by atoms with E-state index >= 15 is 0 Å².